The number of hydrogen-bond donors (Lipinski definition) is 3. The lowest BCUT2D eigenvalue weighted by atomic mass is 9.78. The first kappa shape index (κ1) is 19.9. The van der Waals surface area contributed by atoms with E-state index in [0.29, 0.717) is 12.8 Å². The summed E-state index contributed by atoms with van der Waals surface area (Å²) in [7, 11) is 0. The quantitative estimate of drug-likeness (QED) is 0.507. The number of benzene rings is 2. The highest BCUT2D eigenvalue weighted by molar-refractivity contribution is 6.48. The summed E-state index contributed by atoms with van der Waals surface area (Å²) in [5, 5.41) is 34.7. The van der Waals surface area contributed by atoms with Crippen molar-refractivity contribution in [3.63, 3.8) is 0 Å². The molecule has 2 unspecified atom stereocenters. The van der Waals surface area contributed by atoms with E-state index in [-0.39, 0.29) is 34.6 Å². The molecule has 1 fully saturated rings. The van der Waals surface area contributed by atoms with E-state index in [9.17, 15) is 29.3 Å². The Hall–Kier alpha value is -3.07. The summed E-state index contributed by atoms with van der Waals surface area (Å²) in [6.45, 7) is 1.89. The monoisotopic (exact) mass is 425 g/mol. The number of amides is 1. The van der Waals surface area contributed by atoms with E-state index in [1.807, 2.05) is 6.92 Å². The van der Waals surface area contributed by atoms with Crippen molar-refractivity contribution in [2.45, 2.75) is 36.9 Å². The second-order valence-corrected chi connectivity index (χ2v) is 8.02. The van der Waals surface area contributed by atoms with Crippen LogP contribution in [0.15, 0.2) is 54.1 Å². The molecule has 0 saturated carbocycles. The van der Waals surface area contributed by atoms with Gasteiger partial charge in [0.2, 0.25) is 11.3 Å². The van der Waals surface area contributed by atoms with Crippen LogP contribution in [-0.2, 0) is 25.9 Å². The summed E-state index contributed by atoms with van der Waals surface area (Å²) >= 11 is 0. The fourth-order valence-corrected chi connectivity index (χ4v) is 5.09. The van der Waals surface area contributed by atoms with Crippen molar-refractivity contribution in [1.29, 1.82) is 0 Å². The number of fused-ring (bicyclic) bond motifs is 2. The minimum Gasteiger partial charge on any atom is -0.454 e. The summed E-state index contributed by atoms with van der Waals surface area (Å²) < 4.78 is 19.4. The number of carbonyl (C=O) groups is 2. The molecule has 0 bridgehead atoms. The van der Waals surface area contributed by atoms with Gasteiger partial charge in [0, 0.05) is 23.2 Å². The highest BCUT2D eigenvalue weighted by Crippen LogP contribution is 2.67. The van der Waals surface area contributed by atoms with Gasteiger partial charge in [-0.2, -0.15) is 0 Å². The zero-order valence-corrected chi connectivity index (χ0v) is 16.6. The van der Waals surface area contributed by atoms with Gasteiger partial charge < -0.3 is 25.0 Å². The first-order chi connectivity index (χ1) is 14.7. The van der Waals surface area contributed by atoms with Crippen LogP contribution in [0.1, 0.15) is 36.5 Å². The molecule has 8 heteroatoms. The van der Waals surface area contributed by atoms with Crippen LogP contribution in [0.4, 0.5) is 4.39 Å². The van der Waals surface area contributed by atoms with Gasteiger partial charge in [-0.15, -0.1) is 0 Å². The van der Waals surface area contributed by atoms with E-state index in [2.05, 4.69) is 0 Å². The van der Waals surface area contributed by atoms with Gasteiger partial charge in [0.05, 0.1) is 5.57 Å². The Labute approximate surface area is 177 Å². The fraction of sp³-hybridized carbons (Fsp3) is 0.304. The Morgan fingerprint density at radius 3 is 2.29 bits per heavy atom. The largest absolute Gasteiger partial charge is 0.454 e. The molecule has 1 aliphatic carbocycles. The van der Waals surface area contributed by atoms with Gasteiger partial charge in [0.15, 0.2) is 0 Å². The lowest BCUT2D eigenvalue weighted by Crippen LogP contribution is -2.66. The molecule has 160 valence electrons. The summed E-state index contributed by atoms with van der Waals surface area (Å²) in [6, 6.07) is 11.0. The third-order valence-corrected chi connectivity index (χ3v) is 6.41. The molecule has 2 aliphatic heterocycles. The van der Waals surface area contributed by atoms with E-state index in [1.165, 1.54) is 24.3 Å². The third-order valence-electron chi connectivity index (χ3n) is 6.41. The molecule has 1 amide bonds. The van der Waals surface area contributed by atoms with Gasteiger partial charge in [-0.3, -0.25) is 9.59 Å². The molecule has 2 aromatic rings. The van der Waals surface area contributed by atoms with Crippen LogP contribution >= 0.6 is 0 Å². The molecular weight excluding hydrogens is 405 g/mol. The molecule has 7 nitrogen and oxygen atoms in total. The molecule has 2 aromatic carbocycles. The Balaban J connectivity index is 1.86. The number of Topliss-reactive ketones (excluding diaryl/α,β-unsaturated/α-hetero) is 1. The van der Waals surface area contributed by atoms with E-state index < -0.39 is 34.6 Å². The molecule has 3 N–H and O–H groups in total. The number of hydrogen-bond acceptors (Lipinski definition) is 6. The molecule has 2 atom stereocenters. The maximum atomic E-state index is 13.5. The molecule has 5 rings (SSSR count). The maximum Gasteiger partial charge on any atom is 0.296 e. The van der Waals surface area contributed by atoms with Crippen molar-refractivity contribution >= 4 is 17.4 Å². The second kappa shape index (κ2) is 6.23. The highest BCUT2D eigenvalue weighted by Gasteiger charge is 2.84. The number of likely N-dealkylation sites (tertiary alicyclic amines) is 1. The van der Waals surface area contributed by atoms with E-state index in [1.54, 1.807) is 12.1 Å². The minimum atomic E-state index is -2.81. The van der Waals surface area contributed by atoms with Crippen LogP contribution in [-0.4, -0.2) is 44.0 Å². The van der Waals surface area contributed by atoms with Crippen molar-refractivity contribution in [3.8, 4) is 0 Å². The standard InChI is InChI=1S/C23H20FNO6/c1-2-3-12-25-20(27)18(26)17-19(13-8-10-14(24)11-9-13)31-23(30)16-7-5-4-6-15(16)22(28,29)21(17,23)25/h4-11,28-30H,2-3,12H2,1H3. The van der Waals surface area contributed by atoms with Crippen molar-refractivity contribution in [3.05, 3.63) is 76.6 Å². The predicted molar refractivity (Wildman–Crippen MR) is 105 cm³/mol. The van der Waals surface area contributed by atoms with Crippen LogP contribution in [0, 0.1) is 5.82 Å². The van der Waals surface area contributed by atoms with Crippen LogP contribution in [0.2, 0.25) is 0 Å². The number of ether oxygens (including phenoxy) is 1. The normalized spacial score (nSPS) is 28.0. The minimum absolute atomic E-state index is 0.00377. The summed E-state index contributed by atoms with van der Waals surface area (Å²) in [4.78, 5) is 27.3. The van der Waals surface area contributed by atoms with Crippen LogP contribution in [0.3, 0.4) is 0 Å². The number of ketones is 1. The number of nitrogens with zero attached hydrogens (tertiary/aromatic N) is 1. The molecule has 3 aliphatic rings. The third kappa shape index (κ3) is 2.12. The molecule has 0 radical (unpaired) electrons. The van der Waals surface area contributed by atoms with Gasteiger partial charge in [0.25, 0.3) is 17.5 Å². The predicted octanol–water partition coefficient (Wildman–Crippen LogP) is 1.51. The lowest BCUT2D eigenvalue weighted by Gasteiger charge is -2.45. The van der Waals surface area contributed by atoms with Crippen molar-refractivity contribution < 1.29 is 34.0 Å². The Morgan fingerprint density at radius 2 is 1.65 bits per heavy atom. The van der Waals surface area contributed by atoms with Gasteiger partial charge in [0.1, 0.15) is 11.6 Å². The summed E-state index contributed by atoms with van der Waals surface area (Å²) in [6.07, 6.45) is 1.12. The number of halogens is 1. The number of carbonyl (C=O) groups excluding carboxylic acids is 2. The summed E-state index contributed by atoms with van der Waals surface area (Å²) in [5.74, 6) is -7.89. The summed E-state index contributed by atoms with van der Waals surface area (Å²) in [5.41, 5.74) is -2.43. The van der Waals surface area contributed by atoms with Crippen molar-refractivity contribution in [2.75, 3.05) is 6.54 Å². The maximum absolute atomic E-state index is 13.5. The average Bonchev–Trinajstić information content (AvgIpc) is 3.22. The molecule has 1 saturated heterocycles. The SMILES string of the molecule is CCCCN1C(=O)C(=O)C2=C(c3ccc(F)cc3)OC3(O)c4ccccc4C(O)(O)C213. The zero-order valence-electron chi connectivity index (χ0n) is 16.6. The Kier molecular flexibility index (Phi) is 3.99. The highest BCUT2D eigenvalue weighted by atomic mass is 19.1. The van der Waals surface area contributed by atoms with Gasteiger partial charge in [-0.25, -0.2) is 4.39 Å². The second-order valence-electron chi connectivity index (χ2n) is 8.02. The van der Waals surface area contributed by atoms with Crippen molar-refractivity contribution in [1.82, 2.24) is 4.90 Å². The topological polar surface area (TPSA) is 107 Å². The van der Waals surface area contributed by atoms with Crippen LogP contribution < -0.4 is 0 Å². The van der Waals surface area contributed by atoms with Gasteiger partial charge in [-0.05, 0) is 30.7 Å². The number of unbranched alkanes of at least 4 members (excludes halogenated alkanes) is 1. The van der Waals surface area contributed by atoms with Crippen molar-refractivity contribution in [2.24, 2.45) is 0 Å². The number of aliphatic hydroxyl groups is 3. The van der Waals surface area contributed by atoms with Gasteiger partial charge in [-0.1, -0.05) is 37.6 Å². The zero-order chi connectivity index (χ0) is 22.2. The van der Waals surface area contributed by atoms with Crippen LogP contribution in [0.25, 0.3) is 5.76 Å². The molecular formula is C23H20FNO6. The molecule has 31 heavy (non-hydrogen) atoms. The van der Waals surface area contributed by atoms with E-state index in [4.69, 9.17) is 4.74 Å². The Bertz CT molecular complexity index is 1160. The smallest absolute Gasteiger partial charge is 0.296 e. The first-order valence-corrected chi connectivity index (χ1v) is 10.0. The lowest BCUT2D eigenvalue weighted by molar-refractivity contribution is -0.312. The molecule has 1 spiro atoms. The first-order valence-electron chi connectivity index (χ1n) is 10.0. The Morgan fingerprint density at radius 1 is 1.00 bits per heavy atom. The van der Waals surface area contributed by atoms with E-state index >= 15 is 0 Å². The van der Waals surface area contributed by atoms with E-state index in [0.717, 1.165) is 17.0 Å². The molecule has 2 heterocycles. The average molecular weight is 425 g/mol. The number of rotatable bonds is 4. The van der Waals surface area contributed by atoms with Crippen LogP contribution in [0.5, 0.6) is 0 Å². The molecule has 0 aromatic heterocycles. The van der Waals surface area contributed by atoms with Gasteiger partial charge >= 0.3 is 0 Å². The fourth-order valence-electron chi connectivity index (χ4n) is 5.09.